The van der Waals surface area contributed by atoms with Gasteiger partial charge in [0.15, 0.2) is 0 Å². The highest BCUT2D eigenvalue weighted by atomic mass is 32.2. The molecule has 6 heteroatoms. The van der Waals surface area contributed by atoms with Crippen molar-refractivity contribution in [2.75, 3.05) is 18.1 Å². The molecule has 2 N–H and O–H groups in total. The number of carbonyl (C=O) groups excluding carboxylic acids is 1. The fraction of sp³-hybridized carbons (Fsp3) is 0.467. The Balaban J connectivity index is 1.85. The maximum atomic E-state index is 12.7. The van der Waals surface area contributed by atoms with E-state index in [0.29, 0.717) is 18.7 Å². The van der Waals surface area contributed by atoms with E-state index in [1.165, 1.54) is 4.90 Å². The average molecular weight is 306 g/mol. The van der Waals surface area contributed by atoms with Crippen LogP contribution in [0.3, 0.4) is 0 Å². The second-order valence-electron chi connectivity index (χ2n) is 5.37. The van der Waals surface area contributed by atoms with Gasteiger partial charge in [-0.2, -0.15) is 11.8 Å². The van der Waals surface area contributed by atoms with Gasteiger partial charge in [0, 0.05) is 31.0 Å². The van der Waals surface area contributed by atoms with E-state index >= 15 is 0 Å². The number of nitrogens with one attached hydrogen (secondary N) is 1. The Morgan fingerprint density at radius 3 is 2.71 bits per heavy atom. The van der Waals surface area contributed by atoms with Gasteiger partial charge in [0.25, 0.3) is 0 Å². The molecule has 1 fully saturated rings. The number of amides is 1. The minimum Gasteiger partial charge on any atom is -0.480 e. The van der Waals surface area contributed by atoms with Crippen LogP contribution in [-0.2, 0) is 22.6 Å². The number of fused-ring (bicyclic) bond motifs is 1. The number of nitrogens with zero attached hydrogens (tertiary/aromatic N) is 1. The van der Waals surface area contributed by atoms with Crippen molar-refractivity contribution < 1.29 is 14.7 Å². The van der Waals surface area contributed by atoms with E-state index < -0.39 is 12.0 Å². The monoisotopic (exact) mass is 306 g/mol. The Kier molecular flexibility index (Phi) is 4.17. The number of carboxylic acids is 1. The molecule has 0 radical (unpaired) electrons. The predicted molar refractivity (Wildman–Crippen MR) is 81.2 cm³/mol. The van der Waals surface area contributed by atoms with Crippen molar-refractivity contribution in [3.63, 3.8) is 0 Å². The van der Waals surface area contributed by atoms with Crippen LogP contribution in [0.1, 0.15) is 11.1 Å². The Morgan fingerprint density at radius 1 is 1.29 bits per heavy atom. The topological polar surface area (TPSA) is 69.6 Å². The van der Waals surface area contributed by atoms with E-state index in [4.69, 9.17) is 0 Å². The average Bonchev–Trinajstić information content (AvgIpc) is 2.53. The van der Waals surface area contributed by atoms with Gasteiger partial charge in [0.2, 0.25) is 5.91 Å². The minimum atomic E-state index is -0.929. The fourth-order valence-electron chi connectivity index (χ4n) is 2.90. The molecule has 3 rings (SSSR count). The molecule has 2 heterocycles. The Bertz CT molecular complexity index is 558. The van der Waals surface area contributed by atoms with Crippen LogP contribution in [0.2, 0.25) is 0 Å². The molecule has 0 bridgehead atoms. The number of carbonyl (C=O) groups is 2. The number of benzene rings is 1. The molecule has 2 aliphatic heterocycles. The maximum Gasteiger partial charge on any atom is 0.326 e. The maximum absolute atomic E-state index is 12.7. The minimum absolute atomic E-state index is 0.0934. The molecule has 112 valence electrons. The first-order valence-electron chi connectivity index (χ1n) is 7.08. The normalized spacial score (nSPS) is 25.2. The van der Waals surface area contributed by atoms with Crippen LogP contribution in [0.5, 0.6) is 0 Å². The molecule has 1 aromatic rings. The summed E-state index contributed by atoms with van der Waals surface area (Å²) < 4.78 is 0. The molecule has 1 aromatic carbocycles. The smallest absolute Gasteiger partial charge is 0.326 e. The quantitative estimate of drug-likeness (QED) is 0.843. The summed E-state index contributed by atoms with van der Waals surface area (Å²) in [6.45, 7) is 1.18. The standard InChI is InChI=1S/C15H18N2O3S/c18-14(12-9-21-6-5-16-12)17-8-11-4-2-1-3-10(11)7-13(17)15(19)20/h1-4,12-13,16H,5-9H2,(H,19,20). The molecule has 21 heavy (non-hydrogen) atoms. The van der Waals surface area contributed by atoms with E-state index in [0.717, 1.165) is 23.4 Å². The molecule has 5 nitrogen and oxygen atoms in total. The first-order valence-corrected chi connectivity index (χ1v) is 8.23. The largest absolute Gasteiger partial charge is 0.480 e. The summed E-state index contributed by atoms with van der Waals surface area (Å²) in [5.41, 5.74) is 2.08. The van der Waals surface area contributed by atoms with Gasteiger partial charge in [-0.25, -0.2) is 4.79 Å². The SMILES string of the molecule is O=C(O)C1Cc2ccccc2CN1C(=O)C1CSCCN1. The Hall–Kier alpha value is -1.53. The molecule has 2 unspecified atom stereocenters. The molecule has 2 atom stereocenters. The molecule has 0 saturated carbocycles. The van der Waals surface area contributed by atoms with Gasteiger partial charge in [-0.15, -0.1) is 0 Å². The zero-order valence-corrected chi connectivity index (χ0v) is 12.4. The summed E-state index contributed by atoms with van der Waals surface area (Å²) in [5, 5.41) is 12.7. The summed E-state index contributed by atoms with van der Waals surface area (Å²) in [5.74, 6) is 0.684. The molecular formula is C15H18N2O3S. The van der Waals surface area contributed by atoms with Gasteiger partial charge in [-0.05, 0) is 11.1 Å². The zero-order chi connectivity index (χ0) is 14.8. The number of hydrogen-bond donors (Lipinski definition) is 2. The number of rotatable bonds is 2. The first-order chi connectivity index (χ1) is 10.2. The zero-order valence-electron chi connectivity index (χ0n) is 11.6. The van der Waals surface area contributed by atoms with Crippen molar-refractivity contribution >= 4 is 23.6 Å². The van der Waals surface area contributed by atoms with Gasteiger partial charge in [-0.1, -0.05) is 24.3 Å². The van der Waals surface area contributed by atoms with E-state index in [9.17, 15) is 14.7 Å². The summed E-state index contributed by atoms with van der Waals surface area (Å²) >= 11 is 1.73. The van der Waals surface area contributed by atoms with E-state index in [1.54, 1.807) is 11.8 Å². The molecule has 2 aliphatic rings. The van der Waals surface area contributed by atoms with Crippen molar-refractivity contribution in [2.45, 2.75) is 25.0 Å². The van der Waals surface area contributed by atoms with Crippen molar-refractivity contribution in [1.29, 1.82) is 0 Å². The van der Waals surface area contributed by atoms with Gasteiger partial charge in [0.05, 0.1) is 6.04 Å². The highest BCUT2D eigenvalue weighted by molar-refractivity contribution is 7.99. The van der Waals surface area contributed by atoms with Gasteiger partial charge < -0.3 is 15.3 Å². The summed E-state index contributed by atoms with van der Waals surface area (Å²) in [7, 11) is 0. The van der Waals surface area contributed by atoms with Crippen LogP contribution >= 0.6 is 11.8 Å². The van der Waals surface area contributed by atoms with Gasteiger partial charge >= 0.3 is 5.97 Å². The van der Waals surface area contributed by atoms with Crippen molar-refractivity contribution in [2.24, 2.45) is 0 Å². The molecular weight excluding hydrogens is 288 g/mol. The van der Waals surface area contributed by atoms with Crippen molar-refractivity contribution in [3.8, 4) is 0 Å². The van der Waals surface area contributed by atoms with E-state index in [2.05, 4.69) is 5.32 Å². The van der Waals surface area contributed by atoms with Crippen LogP contribution in [0, 0.1) is 0 Å². The lowest BCUT2D eigenvalue weighted by Crippen LogP contribution is -2.56. The number of aliphatic carboxylic acids is 1. The van der Waals surface area contributed by atoms with E-state index in [1.807, 2.05) is 24.3 Å². The Morgan fingerprint density at radius 2 is 2.05 bits per heavy atom. The lowest BCUT2D eigenvalue weighted by molar-refractivity contribution is -0.152. The third-order valence-corrected chi connectivity index (χ3v) is 5.10. The number of hydrogen-bond acceptors (Lipinski definition) is 4. The van der Waals surface area contributed by atoms with Gasteiger partial charge in [-0.3, -0.25) is 4.79 Å². The summed E-state index contributed by atoms with van der Waals surface area (Å²) in [6, 6.07) is 6.72. The highest BCUT2D eigenvalue weighted by Gasteiger charge is 2.37. The lowest BCUT2D eigenvalue weighted by Gasteiger charge is -2.37. The van der Waals surface area contributed by atoms with Crippen LogP contribution in [0.4, 0.5) is 0 Å². The number of carboxylic acid groups (broad SMARTS) is 1. The van der Waals surface area contributed by atoms with Crippen molar-refractivity contribution in [1.82, 2.24) is 10.2 Å². The van der Waals surface area contributed by atoms with Crippen LogP contribution in [0.25, 0.3) is 0 Å². The Labute approximate surface area is 127 Å². The third kappa shape index (κ3) is 2.91. The lowest BCUT2D eigenvalue weighted by atomic mass is 9.93. The first kappa shape index (κ1) is 14.4. The molecule has 1 saturated heterocycles. The van der Waals surface area contributed by atoms with Crippen LogP contribution in [0.15, 0.2) is 24.3 Å². The third-order valence-electron chi connectivity index (χ3n) is 4.04. The predicted octanol–water partition coefficient (Wildman–Crippen LogP) is 0.730. The van der Waals surface area contributed by atoms with Gasteiger partial charge in [0.1, 0.15) is 6.04 Å². The second kappa shape index (κ2) is 6.07. The molecule has 0 aliphatic carbocycles. The number of thioether (sulfide) groups is 1. The molecule has 0 aromatic heterocycles. The molecule has 1 amide bonds. The second-order valence-corrected chi connectivity index (χ2v) is 6.52. The highest BCUT2D eigenvalue weighted by Crippen LogP contribution is 2.25. The molecule has 0 spiro atoms. The van der Waals surface area contributed by atoms with Crippen LogP contribution < -0.4 is 5.32 Å². The van der Waals surface area contributed by atoms with Crippen LogP contribution in [-0.4, -0.2) is 52.0 Å². The van der Waals surface area contributed by atoms with Crippen molar-refractivity contribution in [3.05, 3.63) is 35.4 Å². The summed E-state index contributed by atoms with van der Waals surface area (Å²) in [4.78, 5) is 25.7. The summed E-state index contributed by atoms with van der Waals surface area (Å²) in [6.07, 6.45) is 0.386. The fourth-order valence-corrected chi connectivity index (χ4v) is 3.82. The van der Waals surface area contributed by atoms with E-state index in [-0.39, 0.29) is 11.9 Å².